The molecule has 17 heavy (non-hydrogen) atoms. The normalized spacial score (nSPS) is 20.3. The van der Waals surface area contributed by atoms with Crippen LogP contribution in [0.1, 0.15) is 18.9 Å². The van der Waals surface area contributed by atoms with Gasteiger partial charge >= 0.3 is 0 Å². The molecule has 0 bridgehead atoms. The number of halogens is 1. The molecule has 1 aliphatic rings. The van der Waals surface area contributed by atoms with Gasteiger partial charge in [-0.1, -0.05) is 11.6 Å². The van der Waals surface area contributed by atoms with Crippen LogP contribution in [-0.4, -0.2) is 30.0 Å². The second-order valence-electron chi connectivity index (χ2n) is 4.08. The van der Waals surface area contributed by atoms with Crippen molar-refractivity contribution >= 4 is 17.3 Å². The number of rotatable bonds is 2. The number of aromatic nitrogens is 2. The zero-order chi connectivity index (χ0) is 12.4. The van der Waals surface area contributed by atoms with E-state index in [1.807, 2.05) is 0 Å². The number of anilines is 1. The van der Waals surface area contributed by atoms with Crippen molar-refractivity contribution < 1.29 is 4.74 Å². The number of ether oxygens (including phenoxy) is 1. The van der Waals surface area contributed by atoms with Gasteiger partial charge in [0.1, 0.15) is 5.02 Å². The van der Waals surface area contributed by atoms with E-state index in [0.717, 1.165) is 19.4 Å². The van der Waals surface area contributed by atoms with Crippen LogP contribution in [-0.2, 0) is 4.74 Å². The second-order valence-corrected chi connectivity index (χ2v) is 4.45. The molecular formula is C10H15ClN4O2. The average Bonchev–Trinajstić information content (AvgIpc) is 2.33. The first-order valence-electron chi connectivity index (χ1n) is 5.44. The van der Waals surface area contributed by atoms with E-state index in [1.54, 1.807) is 7.05 Å². The maximum Gasteiger partial charge on any atom is 0.288 e. The van der Waals surface area contributed by atoms with E-state index in [0.29, 0.717) is 12.3 Å². The highest BCUT2D eigenvalue weighted by molar-refractivity contribution is 6.32. The fourth-order valence-corrected chi connectivity index (χ4v) is 2.13. The zero-order valence-electron chi connectivity index (χ0n) is 9.60. The molecule has 7 heteroatoms. The Labute approximate surface area is 104 Å². The van der Waals surface area contributed by atoms with Crippen LogP contribution in [0.5, 0.6) is 0 Å². The molecule has 0 radical (unpaired) electrons. The molecule has 1 atom stereocenters. The molecule has 1 aliphatic heterocycles. The van der Waals surface area contributed by atoms with Crippen LogP contribution >= 0.6 is 11.6 Å². The van der Waals surface area contributed by atoms with Gasteiger partial charge in [0, 0.05) is 13.7 Å². The van der Waals surface area contributed by atoms with Gasteiger partial charge in [0.2, 0.25) is 0 Å². The lowest BCUT2D eigenvalue weighted by molar-refractivity contribution is 0.0531. The molecule has 0 aliphatic carbocycles. The van der Waals surface area contributed by atoms with Crippen LogP contribution in [0.15, 0.2) is 11.0 Å². The van der Waals surface area contributed by atoms with Crippen molar-refractivity contribution in [2.45, 2.75) is 18.9 Å². The van der Waals surface area contributed by atoms with E-state index >= 15 is 0 Å². The largest absolute Gasteiger partial charge is 0.379 e. The van der Waals surface area contributed by atoms with Crippen LogP contribution in [0.4, 0.5) is 5.69 Å². The van der Waals surface area contributed by atoms with Gasteiger partial charge in [-0.2, -0.15) is 5.10 Å². The summed E-state index contributed by atoms with van der Waals surface area (Å²) in [5.74, 6) is 5.55. The minimum absolute atomic E-state index is 0.0362. The van der Waals surface area contributed by atoms with Crippen molar-refractivity contribution in [1.82, 2.24) is 9.78 Å². The van der Waals surface area contributed by atoms with Gasteiger partial charge in [0.05, 0.1) is 24.5 Å². The molecule has 94 valence electrons. The van der Waals surface area contributed by atoms with E-state index in [1.165, 1.54) is 15.9 Å². The van der Waals surface area contributed by atoms with Gasteiger partial charge in [-0.3, -0.25) is 4.79 Å². The van der Waals surface area contributed by atoms with Crippen molar-refractivity contribution in [2.75, 3.05) is 25.3 Å². The average molecular weight is 259 g/mol. The number of hydrogen-bond donors (Lipinski definition) is 1. The first kappa shape index (κ1) is 12.3. The molecule has 2 heterocycles. The number of nitrogens with zero attached hydrogens (tertiary/aromatic N) is 3. The van der Waals surface area contributed by atoms with E-state index < -0.39 is 0 Å². The number of hydrazine groups is 1. The summed E-state index contributed by atoms with van der Waals surface area (Å²) in [5.41, 5.74) is 0.0987. The van der Waals surface area contributed by atoms with Gasteiger partial charge in [0.25, 0.3) is 5.56 Å². The monoisotopic (exact) mass is 258 g/mol. The predicted molar refractivity (Wildman–Crippen MR) is 65.2 cm³/mol. The smallest absolute Gasteiger partial charge is 0.288 e. The van der Waals surface area contributed by atoms with Gasteiger partial charge in [-0.05, 0) is 12.8 Å². The number of hydrogen-bond acceptors (Lipinski definition) is 5. The summed E-state index contributed by atoms with van der Waals surface area (Å²) in [6.45, 7) is 1.24. The fourth-order valence-electron chi connectivity index (χ4n) is 1.86. The minimum atomic E-state index is -0.322. The molecule has 1 unspecified atom stereocenters. The van der Waals surface area contributed by atoms with Crippen LogP contribution in [0, 0.1) is 0 Å². The molecule has 1 aromatic heterocycles. The first-order valence-corrected chi connectivity index (χ1v) is 5.82. The lowest BCUT2D eigenvalue weighted by Gasteiger charge is -2.24. The highest BCUT2D eigenvalue weighted by atomic mass is 35.5. The zero-order valence-corrected chi connectivity index (χ0v) is 10.4. The van der Waals surface area contributed by atoms with Crippen LogP contribution in [0.2, 0.25) is 5.02 Å². The Hall–Kier alpha value is -1.11. The van der Waals surface area contributed by atoms with Gasteiger partial charge in [-0.15, -0.1) is 0 Å². The lowest BCUT2D eigenvalue weighted by Crippen LogP contribution is -2.35. The van der Waals surface area contributed by atoms with Crippen LogP contribution in [0.25, 0.3) is 0 Å². The molecule has 1 saturated heterocycles. The quantitative estimate of drug-likeness (QED) is 0.620. The lowest BCUT2D eigenvalue weighted by atomic mass is 10.1. The number of nitrogens with two attached hydrogens (primary N) is 1. The minimum Gasteiger partial charge on any atom is -0.379 e. The van der Waals surface area contributed by atoms with Crippen LogP contribution < -0.4 is 16.4 Å². The maximum atomic E-state index is 12.0. The van der Waals surface area contributed by atoms with Crippen molar-refractivity contribution in [3.63, 3.8) is 0 Å². The van der Waals surface area contributed by atoms with Crippen molar-refractivity contribution in [3.8, 4) is 0 Å². The van der Waals surface area contributed by atoms with E-state index in [4.69, 9.17) is 22.2 Å². The third-order valence-corrected chi connectivity index (χ3v) is 3.14. The summed E-state index contributed by atoms with van der Waals surface area (Å²) >= 11 is 5.98. The van der Waals surface area contributed by atoms with Crippen LogP contribution in [0.3, 0.4) is 0 Å². The predicted octanol–water partition coefficient (Wildman–Crippen LogP) is 0.558. The Morgan fingerprint density at radius 1 is 1.71 bits per heavy atom. The molecule has 6 nitrogen and oxygen atoms in total. The Bertz CT molecular complexity index is 454. The summed E-state index contributed by atoms with van der Waals surface area (Å²) in [6, 6.07) is -0.0362. The highest BCUT2D eigenvalue weighted by Gasteiger charge is 2.20. The standard InChI is InChI=1S/C10H15ClN4O2/c1-14(12)8-5-13-15(10(16)9(8)11)7-3-2-4-17-6-7/h5,7H,2-4,6,12H2,1H3. The molecule has 0 aromatic carbocycles. The Kier molecular flexibility index (Phi) is 3.66. The molecular weight excluding hydrogens is 244 g/mol. The van der Waals surface area contributed by atoms with Crippen molar-refractivity contribution in [2.24, 2.45) is 5.84 Å². The summed E-state index contributed by atoms with van der Waals surface area (Å²) < 4.78 is 6.71. The third kappa shape index (κ3) is 2.43. The summed E-state index contributed by atoms with van der Waals surface area (Å²) in [6.07, 6.45) is 3.30. The highest BCUT2D eigenvalue weighted by Crippen LogP contribution is 2.21. The van der Waals surface area contributed by atoms with E-state index in [9.17, 15) is 4.79 Å². The topological polar surface area (TPSA) is 73.4 Å². The molecule has 1 fully saturated rings. The van der Waals surface area contributed by atoms with E-state index in [-0.39, 0.29) is 16.6 Å². The Morgan fingerprint density at radius 2 is 2.47 bits per heavy atom. The molecule has 0 spiro atoms. The third-order valence-electron chi connectivity index (χ3n) is 2.79. The van der Waals surface area contributed by atoms with Gasteiger partial charge in [-0.25, -0.2) is 10.5 Å². The van der Waals surface area contributed by atoms with Gasteiger partial charge in [0.15, 0.2) is 0 Å². The maximum absolute atomic E-state index is 12.0. The molecule has 0 amide bonds. The molecule has 2 rings (SSSR count). The molecule has 1 aromatic rings. The first-order chi connectivity index (χ1) is 8.11. The molecule has 2 N–H and O–H groups in total. The van der Waals surface area contributed by atoms with Gasteiger partial charge < -0.3 is 9.75 Å². The molecule has 0 saturated carbocycles. The SMILES string of the molecule is CN(N)c1cnn(C2CCCOC2)c(=O)c1Cl. The van der Waals surface area contributed by atoms with Crippen molar-refractivity contribution in [1.29, 1.82) is 0 Å². The Balaban J connectivity index is 2.36. The van der Waals surface area contributed by atoms with E-state index in [2.05, 4.69) is 5.10 Å². The summed E-state index contributed by atoms with van der Waals surface area (Å²) in [7, 11) is 1.61. The summed E-state index contributed by atoms with van der Waals surface area (Å²) in [5, 5.41) is 5.47. The van der Waals surface area contributed by atoms with Crippen molar-refractivity contribution in [3.05, 3.63) is 21.6 Å². The fraction of sp³-hybridized carbons (Fsp3) is 0.600. The summed E-state index contributed by atoms with van der Waals surface area (Å²) in [4.78, 5) is 12.0. The second kappa shape index (κ2) is 5.03. The Morgan fingerprint density at radius 3 is 3.06 bits per heavy atom.